The summed E-state index contributed by atoms with van der Waals surface area (Å²) in [4.78, 5) is 0. The smallest absolute Gasteiger partial charge is 0.211 e. The summed E-state index contributed by atoms with van der Waals surface area (Å²) in [5.41, 5.74) is 0. The molecule has 0 radical (unpaired) electrons. The van der Waals surface area contributed by atoms with Gasteiger partial charge in [0.1, 0.15) is 0 Å². The highest BCUT2D eigenvalue weighted by molar-refractivity contribution is 7.89. The molecule has 3 nitrogen and oxygen atoms in total. The Balaban J connectivity index is 2.21. The fourth-order valence-electron chi connectivity index (χ4n) is 1.78. The zero-order valence-electron chi connectivity index (χ0n) is 8.34. The monoisotopic (exact) mass is 239 g/mol. The molecule has 5 heteroatoms. The van der Waals surface area contributed by atoms with Gasteiger partial charge >= 0.3 is 0 Å². The quantitative estimate of drug-likeness (QED) is 0.718. The first-order chi connectivity index (χ1) is 6.64. The summed E-state index contributed by atoms with van der Waals surface area (Å²) in [6.07, 6.45) is 5.35. The first kappa shape index (κ1) is 12.3. The standard InChI is InChI=1S/C9H18ClNO2S/c10-6-3-7-14(12,13)11-8-9-4-1-2-5-9/h9,11H,1-8H2. The van der Waals surface area contributed by atoms with Gasteiger partial charge in [0.05, 0.1) is 5.75 Å². The minimum absolute atomic E-state index is 0.156. The van der Waals surface area contributed by atoms with E-state index < -0.39 is 10.0 Å². The molecule has 1 rings (SSSR count). The Morgan fingerprint density at radius 2 is 1.93 bits per heavy atom. The Morgan fingerprint density at radius 3 is 2.50 bits per heavy atom. The highest BCUT2D eigenvalue weighted by atomic mass is 35.5. The molecule has 14 heavy (non-hydrogen) atoms. The zero-order chi connectivity index (χ0) is 10.4. The van der Waals surface area contributed by atoms with Gasteiger partial charge in [0.15, 0.2) is 0 Å². The van der Waals surface area contributed by atoms with Crippen molar-refractivity contribution in [3.63, 3.8) is 0 Å². The lowest BCUT2D eigenvalue weighted by Crippen LogP contribution is -2.30. The lowest BCUT2D eigenvalue weighted by molar-refractivity contribution is 0.519. The summed E-state index contributed by atoms with van der Waals surface area (Å²) in [5.74, 6) is 1.12. The third-order valence-corrected chi connectivity index (χ3v) is 4.31. The molecule has 1 N–H and O–H groups in total. The lowest BCUT2D eigenvalue weighted by Gasteiger charge is -2.10. The Bertz CT molecular complexity index is 248. The van der Waals surface area contributed by atoms with Crippen molar-refractivity contribution in [2.45, 2.75) is 32.1 Å². The first-order valence-electron chi connectivity index (χ1n) is 5.17. The van der Waals surface area contributed by atoms with E-state index in [1.54, 1.807) is 0 Å². The van der Waals surface area contributed by atoms with Crippen LogP contribution in [0.1, 0.15) is 32.1 Å². The normalized spacial score (nSPS) is 18.9. The minimum atomic E-state index is -3.07. The van der Waals surface area contributed by atoms with Crippen LogP contribution in [0.5, 0.6) is 0 Å². The van der Waals surface area contributed by atoms with Crippen LogP contribution >= 0.6 is 11.6 Å². The largest absolute Gasteiger partial charge is 0.215 e. The van der Waals surface area contributed by atoms with Crippen molar-refractivity contribution in [1.29, 1.82) is 0 Å². The maximum absolute atomic E-state index is 11.4. The SMILES string of the molecule is O=S(=O)(CCCCl)NCC1CCCC1. The second-order valence-corrected chi connectivity index (χ2v) is 6.16. The van der Waals surface area contributed by atoms with Crippen LogP contribution in [0.2, 0.25) is 0 Å². The maximum Gasteiger partial charge on any atom is 0.211 e. The van der Waals surface area contributed by atoms with Crippen molar-refractivity contribution in [2.75, 3.05) is 18.2 Å². The summed E-state index contributed by atoms with van der Waals surface area (Å²) in [7, 11) is -3.07. The molecule has 0 aliphatic heterocycles. The number of hydrogen-bond acceptors (Lipinski definition) is 2. The van der Waals surface area contributed by atoms with Crippen LogP contribution in [0.4, 0.5) is 0 Å². The topological polar surface area (TPSA) is 46.2 Å². The number of alkyl halides is 1. The Hall–Kier alpha value is 0.200. The van der Waals surface area contributed by atoms with Gasteiger partial charge in [-0.15, -0.1) is 11.6 Å². The van der Waals surface area contributed by atoms with Crippen molar-refractivity contribution in [1.82, 2.24) is 4.72 Å². The van der Waals surface area contributed by atoms with Gasteiger partial charge in [-0.1, -0.05) is 12.8 Å². The molecule has 0 heterocycles. The van der Waals surface area contributed by atoms with Crippen molar-refractivity contribution < 1.29 is 8.42 Å². The van der Waals surface area contributed by atoms with Crippen LogP contribution < -0.4 is 4.72 Å². The second-order valence-electron chi connectivity index (χ2n) is 3.86. The van der Waals surface area contributed by atoms with Crippen LogP contribution in [0.3, 0.4) is 0 Å². The summed E-state index contributed by atoms with van der Waals surface area (Å²) < 4.78 is 25.4. The molecule has 0 atom stereocenters. The molecule has 0 saturated heterocycles. The molecule has 1 aliphatic carbocycles. The molecule has 0 amide bonds. The number of hydrogen-bond donors (Lipinski definition) is 1. The van der Waals surface area contributed by atoms with E-state index in [0.717, 1.165) is 12.8 Å². The van der Waals surface area contributed by atoms with Crippen molar-refractivity contribution >= 4 is 21.6 Å². The molecule has 0 aromatic heterocycles. The van der Waals surface area contributed by atoms with Gasteiger partial charge in [0.2, 0.25) is 10.0 Å². The zero-order valence-corrected chi connectivity index (χ0v) is 9.91. The van der Waals surface area contributed by atoms with Gasteiger partial charge in [-0.2, -0.15) is 0 Å². The van der Waals surface area contributed by atoms with Gasteiger partial charge in [-0.3, -0.25) is 0 Å². The van der Waals surface area contributed by atoms with Crippen LogP contribution in [0.25, 0.3) is 0 Å². The van der Waals surface area contributed by atoms with Crippen LogP contribution in [0, 0.1) is 5.92 Å². The van der Waals surface area contributed by atoms with Crippen molar-refractivity contribution in [2.24, 2.45) is 5.92 Å². The second kappa shape index (κ2) is 5.93. The molecule has 0 aromatic carbocycles. The van der Waals surface area contributed by atoms with E-state index in [9.17, 15) is 8.42 Å². The summed E-state index contributed by atoms with van der Waals surface area (Å²) in [6, 6.07) is 0. The Labute approximate surface area is 91.3 Å². The van der Waals surface area contributed by atoms with Crippen LogP contribution in [0.15, 0.2) is 0 Å². The van der Waals surface area contributed by atoms with E-state index in [1.807, 2.05) is 0 Å². The van der Waals surface area contributed by atoms with Gasteiger partial charge in [0.25, 0.3) is 0 Å². The Morgan fingerprint density at radius 1 is 1.29 bits per heavy atom. The summed E-state index contributed by atoms with van der Waals surface area (Å²) in [5, 5.41) is 0. The van der Waals surface area contributed by atoms with Crippen LogP contribution in [-0.4, -0.2) is 26.6 Å². The van der Waals surface area contributed by atoms with E-state index in [2.05, 4.69) is 4.72 Å². The molecule has 1 saturated carbocycles. The molecule has 0 bridgehead atoms. The molecular weight excluding hydrogens is 222 g/mol. The molecular formula is C9H18ClNO2S. The van der Waals surface area contributed by atoms with Gasteiger partial charge < -0.3 is 0 Å². The highest BCUT2D eigenvalue weighted by Gasteiger charge is 2.17. The van der Waals surface area contributed by atoms with Gasteiger partial charge in [-0.25, -0.2) is 13.1 Å². The number of sulfonamides is 1. The van der Waals surface area contributed by atoms with Gasteiger partial charge in [0, 0.05) is 12.4 Å². The first-order valence-corrected chi connectivity index (χ1v) is 7.36. The molecule has 0 unspecified atom stereocenters. The fourth-order valence-corrected chi connectivity index (χ4v) is 3.23. The lowest BCUT2D eigenvalue weighted by atomic mass is 10.1. The number of halogens is 1. The number of rotatable bonds is 6. The van der Waals surface area contributed by atoms with E-state index in [1.165, 1.54) is 12.8 Å². The highest BCUT2D eigenvalue weighted by Crippen LogP contribution is 2.23. The fraction of sp³-hybridized carbons (Fsp3) is 1.00. The summed E-state index contributed by atoms with van der Waals surface area (Å²) in [6.45, 7) is 0.616. The third-order valence-electron chi connectivity index (χ3n) is 2.61. The van der Waals surface area contributed by atoms with E-state index in [-0.39, 0.29) is 5.75 Å². The predicted octanol–water partition coefficient (Wildman–Crippen LogP) is 1.72. The molecule has 0 spiro atoms. The van der Waals surface area contributed by atoms with Crippen molar-refractivity contribution in [3.8, 4) is 0 Å². The average molecular weight is 240 g/mol. The molecule has 84 valence electrons. The molecule has 1 aliphatic rings. The average Bonchev–Trinajstić information content (AvgIpc) is 2.64. The molecule has 1 fully saturated rings. The Kier molecular flexibility index (Phi) is 5.20. The van der Waals surface area contributed by atoms with Crippen LogP contribution in [-0.2, 0) is 10.0 Å². The van der Waals surface area contributed by atoms with E-state index in [0.29, 0.717) is 24.8 Å². The van der Waals surface area contributed by atoms with E-state index >= 15 is 0 Å². The van der Waals surface area contributed by atoms with E-state index in [4.69, 9.17) is 11.6 Å². The van der Waals surface area contributed by atoms with Gasteiger partial charge in [-0.05, 0) is 25.2 Å². The number of nitrogens with one attached hydrogen (secondary N) is 1. The summed E-state index contributed by atoms with van der Waals surface area (Å²) >= 11 is 5.44. The molecule has 0 aromatic rings. The van der Waals surface area contributed by atoms with Crippen molar-refractivity contribution in [3.05, 3.63) is 0 Å². The predicted molar refractivity (Wildman–Crippen MR) is 59.1 cm³/mol. The maximum atomic E-state index is 11.4. The third kappa shape index (κ3) is 4.62. The minimum Gasteiger partial charge on any atom is -0.215 e.